The monoisotopic (exact) mass is 313 g/mol. The third-order valence-electron chi connectivity index (χ3n) is 3.72. The molecule has 1 aromatic carbocycles. The van der Waals surface area contributed by atoms with Crippen LogP contribution in [-0.2, 0) is 11.0 Å². The molecule has 0 bridgehead atoms. The smallest absolute Gasteiger partial charge is 0.417 e. The van der Waals surface area contributed by atoms with Gasteiger partial charge >= 0.3 is 12.1 Å². The summed E-state index contributed by atoms with van der Waals surface area (Å²) in [6.07, 6.45) is -4.56. The average molecular weight is 313 g/mol. The Bertz CT molecular complexity index is 701. The number of aromatic nitrogens is 1. The van der Waals surface area contributed by atoms with Crippen molar-refractivity contribution in [3.8, 4) is 0 Å². The van der Waals surface area contributed by atoms with Crippen LogP contribution in [0.15, 0.2) is 24.3 Å². The molecule has 0 aliphatic carbocycles. The van der Waals surface area contributed by atoms with E-state index in [9.17, 15) is 18.0 Å². The van der Waals surface area contributed by atoms with Crippen LogP contribution < -0.4 is 0 Å². The lowest BCUT2D eigenvalue weighted by molar-refractivity contribution is -0.138. The molecule has 0 saturated carbocycles. The van der Waals surface area contributed by atoms with Crippen molar-refractivity contribution in [2.45, 2.75) is 45.3 Å². The molecule has 1 heterocycles. The number of carboxylic acid groups (broad SMARTS) is 1. The quantitative estimate of drug-likeness (QED) is 0.879. The molecular weight excluding hydrogens is 295 g/mol. The summed E-state index contributed by atoms with van der Waals surface area (Å²) in [6, 6.07) is 5.49. The van der Waals surface area contributed by atoms with Crippen LogP contribution in [-0.4, -0.2) is 15.6 Å². The molecule has 1 unspecified atom stereocenters. The number of halogens is 3. The second-order valence-corrected chi connectivity index (χ2v) is 5.77. The van der Waals surface area contributed by atoms with Gasteiger partial charge in [-0.3, -0.25) is 4.79 Å². The Labute approximate surface area is 126 Å². The van der Waals surface area contributed by atoms with Gasteiger partial charge in [-0.1, -0.05) is 13.0 Å². The molecule has 2 aromatic rings. The van der Waals surface area contributed by atoms with E-state index in [1.807, 2.05) is 13.8 Å². The topological polar surface area (TPSA) is 42.2 Å². The molecule has 2 rings (SSSR count). The van der Waals surface area contributed by atoms with Crippen LogP contribution in [0.3, 0.4) is 0 Å². The van der Waals surface area contributed by atoms with Crippen LogP contribution in [0.4, 0.5) is 13.2 Å². The number of rotatable bonds is 4. The second-order valence-electron chi connectivity index (χ2n) is 5.77. The lowest BCUT2D eigenvalue weighted by Crippen LogP contribution is -2.11. The van der Waals surface area contributed by atoms with Crippen LogP contribution in [0.2, 0.25) is 0 Å². The van der Waals surface area contributed by atoms with E-state index in [1.165, 1.54) is 12.1 Å². The molecule has 0 fully saturated rings. The van der Waals surface area contributed by atoms with Crippen molar-refractivity contribution in [2.24, 2.45) is 0 Å². The molecule has 0 aliphatic heterocycles. The first kappa shape index (κ1) is 16.4. The first-order valence-corrected chi connectivity index (χ1v) is 7.05. The van der Waals surface area contributed by atoms with Gasteiger partial charge in [-0.15, -0.1) is 0 Å². The molecule has 0 amide bonds. The highest BCUT2D eigenvalue weighted by Gasteiger charge is 2.34. The van der Waals surface area contributed by atoms with Crippen molar-refractivity contribution >= 4 is 16.9 Å². The summed E-state index contributed by atoms with van der Waals surface area (Å²) in [7, 11) is 0. The van der Waals surface area contributed by atoms with Gasteiger partial charge in [0.15, 0.2) is 0 Å². The van der Waals surface area contributed by atoms with E-state index in [2.05, 4.69) is 0 Å². The first-order chi connectivity index (χ1) is 10.1. The second kappa shape index (κ2) is 5.66. The third kappa shape index (κ3) is 2.96. The molecule has 0 radical (unpaired) electrons. The fraction of sp³-hybridized carbons (Fsp3) is 0.438. The van der Waals surface area contributed by atoms with Gasteiger partial charge < -0.3 is 9.67 Å². The highest BCUT2D eigenvalue weighted by Crippen LogP contribution is 2.38. The summed E-state index contributed by atoms with van der Waals surface area (Å²) >= 11 is 0. The Morgan fingerprint density at radius 3 is 2.41 bits per heavy atom. The first-order valence-electron chi connectivity index (χ1n) is 7.05. The predicted molar refractivity (Wildman–Crippen MR) is 78.0 cm³/mol. The zero-order valence-electron chi connectivity index (χ0n) is 12.6. The van der Waals surface area contributed by atoms with Gasteiger partial charge in [0.05, 0.1) is 12.0 Å². The summed E-state index contributed by atoms with van der Waals surface area (Å²) < 4.78 is 41.3. The van der Waals surface area contributed by atoms with E-state index in [0.717, 1.165) is 6.07 Å². The molecule has 0 spiro atoms. The van der Waals surface area contributed by atoms with Gasteiger partial charge in [-0.25, -0.2) is 0 Å². The Hall–Kier alpha value is -1.98. The molecule has 120 valence electrons. The number of carboxylic acids is 1. The predicted octanol–water partition coefficient (Wildman–Crippen LogP) is 4.82. The molecule has 22 heavy (non-hydrogen) atoms. The number of hydrogen-bond acceptors (Lipinski definition) is 1. The van der Waals surface area contributed by atoms with Gasteiger partial charge in [0.25, 0.3) is 0 Å². The highest BCUT2D eigenvalue weighted by molar-refractivity contribution is 5.86. The molecule has 1 N–H and O–H groups in total. The zero-order valence-corrected chi connectivity index (χ0v) is 12.6. The maximum Gasteiger partial charge on any atom is 0.417 e. The highest BCUT2D eigenvalue weighted by atomic mass is 19.4. The third-order valence-corrected chi connectivity index (χ3v) is 3.72. The van der Waals surface area contributed by atoms with Crippen molar-refractivity contribution in [3.05, 3.63) is 35.5 Å². The van der Waals surface area contributed by atoms with E-state index < -0.39 is 17.7 Å². The van der Waals surface area contributed by atoms with Gasteiger partial charge in [0.2, 0.25) is 0 Å². The Kier molecular flexibility index (Phi) is 4.22. The summed E-state index contributed by atoms with van der Waals surface area (Å²) in [4.78, 5) is 10.9. The number of fused-ring (bicyclic) bond motifs is 1. The lowest BCUT2D eigenvalue weighted by atomic mass is 10.0. The SMILES string of the molecule is CC(CC(=O)O)c1cc2c(C(F)(F)F)cccc2n1C(C)C. The van der Waals surface area contributed by atoms with E-state index in [1.54, 1.807) is 17.6 Å². The number of benzene rings is 1. The van der Waals surface area contributed by atoms with Gasteiger partial charge in [0, 0.05) is 28.6 Å². The summed E-state index contributed by atoms with van der Waals surface area (Å²) in [5.41, 5.74) is 0.411. The maximum atomic E-state index is 13.2. The molecule has 3 nitrogen and oxygen atoms in total. The van der Waals surface area contributed by atoms with E-state index in [4.69, 9.17) is 5.11 Å². The molecule has 6 heteroatoms. The van der Waals surface area contributed by atoms with Gasteiger partial charge in [-0.2, -0.15) is 13.2 Å². The fourth-order valence-corrected chi connectivity index (χ4v) is 2.84. The van der Waals surface area contributed by atoms with Crippen molar-refractivity contribution in [2.75, 3.05) is 0 Å². The molecule has 0 saturated heterocycles. The van der Waals surface area contributed by atoms with Crippen LogP contribution in [0.1, 0.15) is 50.4 Å². The lowest BCUT2D eigenvalue weighted by Gasteiger charge is -2.18. The van der Waals surface area contributed by atoms with Crippen molar-refractivity contribution in [1.82, 2.24) is 4.57 Å². The standard InChI is InChI=1S/C16H18F3NO2/c1-9(2)20-13-6-4-5-12(16(17,18)19)11(13)8-14(20)10(3)7-15(21)22/h4-6,8-10H,7H2,1-3H3,(H,21,22). The van der Waals surface area contributed by atoms with Crippen LogP contribution >= 0.6 is 0 Å². The largest absolute Gasteiger partial charge is 0.481 e. The van der Waals surface area contributed by atoms with Crippen molar-refractivity contribution < 1.29 is 23.1 Å². The fourth-order valence-electron chi connectivity index (χ4n) is 2.84. The van der Waals surface area contributed by atoms with Crippen molar-refractivity contribution in [3.63, 3.8) is 0 Å². The minimum Gasteiger partial charge on any atom is -0.481 e. The van der Waals surface area contributed by atoms with Gasteiger partial charge in [0.1, 0.15) is 0 Å². The van der Waals surface area contributed by atoms with Crippen molar-refractivity contribution in [1.29, 1.82) is 0 Å². The van der Waals surface area contributed by atoms with Crippen LogP contribution in [0, 0.1) is 0 Å². The normalized spacial score (nSPS) is 13.8. The summed E-state index contributed by atoms with van der Waals surface area (Å²) in [6.45, 7) is 5.46. The van der Waals surface area contributed by atoms with Crippen LogP contribution in [0.25, 0.3) is 10.9 Å². The Morgan fingerprint density at radius 1 is 1.27 bits per heavy atom. The molecule has 0 aliphatic rings. The Morgan fingerprint density at radius 2 is 1.91 bits per heavy atom. The van der Waals surface area contributed by atoms with E-state index in [0.29, 0.717) is 11.2 Å². The minimum atomic E-state index is -4.43. The average Bonchev–Trinajstić information content (AvgIpc) is 2.75. The van der Waals surface area contributed by atoms with E-state index in [-0.39, 0.29) is 23.8 Å². The summed E-state index contributed by atoms with van der Waals surface area (Å²) in [5.74, 6) is -1.34. The maximum absolute atomic E-state index is 13.2. The molecule has 1 aromatic heterocycles. The number of nitrogens with zero attached hydrogens (tertiary/aromatic N) is 1. The molecular formula is C16H18F3NO2. The minimum absolute atomic E-state index is 0.0628. The number of hydrogen-bond donors (Lipinski definition) is 1. The molecule has 1 atom stereocenters. The number of carbonyl (C=O) groups is 1. The number of aliphatic carboxylic acids is 1. The van der Waals surface area contributed by atoms with Crippen LogP contribution in [0.5, 0.6) is 0 Å². The zero-order chi connectivity index (χ0) is 16.7. The summed E-state index contributed by atoms with van der Waals surface area (Å²) in [5, 5.41) is 9.07. The Balaban J connectivity index is 2.72. The number of alkyl halides is 3. The van der Waals surface area contributed by atoms with E-state index >= 15 is 0 Å². The van der Waals surface area contributed by atoms with Gasteiger partial charge in [-0.05, 0) is 32.0 Å².